The summed E-state index contributed by atoms with van der Waals surface area (Å²) in [5, 5.41) is 0. The van der Waals surface area contributed by atoms with Crippen molar-refractivity contribution in [2.75, 3.05) is 7.05 Å². The number of aliphatic imine (C=N–C) groups is 1. The van der Waals surface area contributed by atoms with E-state index in [1.54, 1.807) is 7.05 Å². The average Bonchev–Trinajstić information content (AvgIpc) is 1.65. The van der Waals surface area contributed by atoms with Gasteiger partial charge < -0.3 is 0 Å². The van der Waals surface area contributed by atoms with Crippen LogP contribution in [0.4, 0.5) is 0 Å². The van der Waals surface area contributed by atoms with Gasteiger partial charge in [0.2, 0.25) is 0 Å². The van der Waals surface area contributed by atoms with Crippen LogP contribution in [0.1, 0.15) is 27.7 Å². The van der Waals surface area contributed by atoms with Gasteiger partial charge in [0.05, 0.1) is 0 Å². The zero-order chi connectivity index (χ0) is 7.86. The molecule has 0 amide bonds. The van der Waals surface area contributed by atoms with Crippen LogP contribution in [0, 0.1) is 0 Å². The van der Waals surface area contributed by atoms with Gasteiger partial charge in [0, 0.05) is 12.8 Å². The third-order valence-corrected chi connectivity index (χ3v) is 0.447. The van der Waals surface area contributed by atoms with Gasteiger partial charge in [0.25, 0.3) is 0 Å². The van der Waals surface area contributed by atoms with Crippen molar-refractivity contribution in [3.8, 4) is 0 Å². The van der Waals surface area contributed by atoms with Crippen molar-refractivity contribution in [2.45, 2.75) is 27.7 Å². The van der Waals surface area contributed by atoms with E-state index in [4.69, 9.17) is 0 Å². The second-order valence-corrected chi connectivity index (χ2v) is 2.38. The Labute approximate surface area is 58.5 Å². The van der Waals surface area contributed by atoms with Crippen molar-refractivity contribution in [2.24, 2.45) is 4.99 Å². The Balaban J connectivity index is 0. The third-order valence-electron chi connectivity index (χ3n) is 0.447. The zero-order valence-corrected chi connectivity index (χ0v) is 7.15. The van der Waals surface area contributed by atoms with Gasteiger partial charge in [-0.25, -0.2) is 0 Å². The van der Waals surface area contributed by atoms with E-state index in [-0.39, 0.29) is 0 Å². The number of nitrogens with zero attached hydrogens (tertiary/aromatic N) is 1. The summed E-state index contributed by atoms with van der Waals surface area (Å²) < 4.78 is 0. The molecule has 0 heterocycles. The van der Waals surface area contributed by atoms with Gasteiger partial charge in [-0.3, -0.25) is 4.99 Å². The monoisotopic (exact) mass is 127 g/mol. The molecular formula is C8H17N. The number of rotatable bonds is 0. The predicted molar refractivity (Wildman–Crippen MR) is 45.2 cm³/mol. The molecule has 0 aromatic rings. The van der Waals surface area contributed by atoms with E-state index in [0.29, 0.717) is 0 Å². The summed E-state index contributed by atoms with van der Waals surface area (Å²) in [7, 11) is 1.79. The molecule has 0 aromatic heterocycles. The van der Waals surface area contributed by atoms with E-state index < -0.39 is 0 Å². The molecule has 0 aromatic carbocycles. The second kappa shape index (κ2) is 7.41. The van der Waals surface area contributed by atoms with Crippen molar-refractivity contribution in [1.29, 1.82) is 0 Å². The van der Waals surface area contributed by atoms with Crippen LogP contribution in [0.15, 0.2) is 17.1 Å². The van der Waals surface area contributed by atoms with Crippen LogP contribution in [0.2, 0.25) is 0 Å². The highest BCUT2D eigenvalue weighted by Crippen LogP contribution is 1.73. The van der Waals surface area contributed by atoms with Crippen LogP contribution in [0.3, 0.4) is 0 Å². The summed E-state index contributed by atoms with van der Waals surface area (Å²) >= 11 is 0. The van der Waals surface area contributed by atoms with E-state index >= 15 is 0 Å². The van der Waals surface area contributed by atoms with Gasteiger partial charge in [0.1, 0.15) is 0 Å². The SMILES string of the molecule is C=C(C)C.CN=C(C)C. The smallest absolute Gasteiger partial charge is 0.0276 e. The molecule has 0 aliphatic rings. The first-order valence-corrected chi connectivity index (χ1v) is 3.02. The molecule has 0 N–H and O–H groups in total. The summed E-state index contributed by atoms with van der Waals surface area (Å²) in [6.45, 7) is 11.4. The lowest BCUT2D eigenvalue weighted by atomic mass is 10.4. The van der Waals surface area contributed by atoms with E-state index in [0.717, 1.165) is 5.71 Å². The fourth-order valence-electron chi connectivity index (χ4n) is 0. The van der Waals surface area contributed by atoms with Crippen molar-refractivity contribution < 1.29 is 0 Å². The molecule has 0 fully saturated rings. The Bertz CT molecular complexity index is 93.1. The molecule has 0 atom stereocenters. The first-order chi connectivity index (χ1) is 4.00. The van der Waals surface area contributed by atoms with Gasteiger partial charge in [-0.1, -0.05) is 5.57 Å². The molecule has 0 radical (unpaired) electrons. The summed E-state index contributed by atoms with van der Waals surface area (Å²) in [5.74, 6) is 0. The average molecular weight is 127 g/mol. The number of hydrogen-bond acceptors (Lipinski definition) is 1. The molecule has 0 bridgehead atoms. The number of hydrogen-bond donors (Lipinski definition) is 0. The van der Waals surface area contributed by atoms with Gasteiger partial charge in [-0.05, 0) is 27.7 Å². The quantitative estimate of drug-likeness (QED) is 0.350. The highest BCUT2D eigenvalue weighted by atomic mass is 14.7. The van der Waals surface area contributed by atoms with Crippen molar-refractivity contribution in [1.82, 2.24) is 0 Å². The Morgan fingerprint density at radius 1 is 1.11 bits per heavy atom. The maximum absolute atomic E-state index is 3.81. The molecule has 54 valence electrons. The van der Waals surface area contributed by atoms with Gasteiger partial charge in [-0.15, -0.1) is 6.58 Å². The van der Waals surface area contributed by atoms with Crippen LogP contribution >= 0.6 is 0 Å². The van der Waals surface area contributed by atoms with Gasteiger partial charge >= 0.3 is 0 Å². The molecule has 0 aliphatic carbocycles. The maximum Gasteiger partial charge on any atom is 0.0276 e. The molecule has 0 saturated carbocycles. The lowest BCUT2D eigenvalue weighted by molar-refractivity contribution is 1.41. The van der Waals surface area contributed by atoms with E-state index in [1.165, 1.54) is 5.57 Å². The van der Waals surface area contributed by atoms with Crippen LogP contribution in [0.25, 0.3) is 0 Å². The van der Waals surface area contributed by atoms with E-state index in [9.17, 15) is 0 Å². The van der Waals surface area contributed by atoms with E-state index in [1.807, 2.05) is 27.7 Å². The van der Waals surface area contributed by atoms with Gasteiger partial charge in [0.15, 0.2) is 0 Å². The number of allylic oxidation sites excluding steroid dienone is 1. The fraction of sp³-hybridized carbons (Fsp3) is 0.625. The summed E-state index contributed by atoms with van der Waals surface area (Å²) in [5.41, 5.74) is 2.30. The highest BCUT2D eigenvalue weighted by molar-refractivity contribution is 5.78. The molecule has 9 heavy (non-hydrogen) atoms. The maximum atomic E-state index is 3.81. The normalized spacial score (nSPS) is 6.78. The Morgan fingerprint density at radius 2 is 1.22 bits per heavy atom. The standard InChI is InChI=1S/C4H9N.C4H8/c1-4(2)5-3;1-4(2)3/h1-3H3;1H2,2-3H3. The molecule has 0 unspecified atom stereocenters. The first-order valence-electron chi connectivity index (χ1n) is 3.02. The Morgan fingerprint density at radius 3 is 1.22 bits per heavy atom. The fourth-order valence-corrected chi connectivity index (χ4v) is 0. The van der Waals surface area contributed by atoms with Gasteiger partial charge in [-0.2, -0.15) is 0 Å². The molecule has 0 spiro atoms. The van der Waals surface area contributed by atoms with Crippen molar-refractivity contribution in [3.05, 3.63) is 12.2 Å². The molecule has 0 aliphatic heterocycles. The molecule has 1 heteroatoms. The summed E-state index contributed by atoms with van der Waals surface area (Å²) in [6, 6.07) is 0. The minimum Gasteiger partial charge on any atom is -0.298 e. The first kappa shape index (κ1) is 11.2. The van der Waals surface area contributed by atoms with Crippen LogP contribution < -0.4 is 0 Å². The minimum atomic E-state index is 1.13. The molecule has 0 saturated heterocycles. The summed E-state index contributed by atoms with van der Waals surface area (Å²) in [6.07, 6.45) is 0. The molecule has 0 rings (SSSR count). The second-order valence-electron chi connectivity index (χ2n) is 2.38. The largest absolute Gasteiger partial charge is 0.298 e. The van der Waals surface area contributed by atoms with Crippen LogP contribution in [-0.4, -0.2) is 12.8 Å². The minimum absolute atomic E-state index is 1.13. The van der Waals surface area contributed by atoms with Crippen molar-refractivity contribution >= 4 is 5.71 Å². The van der Waals surface area contributed by atoms with Crippen LogP contribution in [-0.2, 0) is 0 Å². The molecule has 1 nitrogen and oxygen atoms in total. The van der Waals surface area contributed by atoms with E-state index in [2.05, 4.69) is 11.6 Å². The lowest BCUT2D eigenvalue weighted by Crippen LogP contribution is -1.74. The third kappa shape index (κ3) is 109. The summed E-state index contributed by atoms with van der Waals surface area (Å²) in [4.78, 5) is 3.81. The zero-order valence-electron chi connectivity index (χ0n) is 7.15. The molecular weight excluding hydrogens is 110 g/mol. The Kier molecular flexibility index (Phi) is 9.25. The highest BCUT2D eigenvalue weighted by Gasteiger charge is 1.62. The van der Waals surface area contributed by atoms with Crippen LogP contribution in [0.5, 0.6) is 0 Å². The Hall–Kier alpha value is -0.590. The lowest BCUT2D eigenvalue weighted by Gasteiger charge is -1.74. The van der Waals surface area contributed by atoms with Crippen molar-refractivity contribution in [3.63, 3.8) is 0 Å². The predicted octanol–water partition coefficient (Wildman–Crippen LogP) is 2.68. The topological polar surface area (TPSA) is 12.4 Å².